The Hall–Kier alpha value is -2.66. The van der Waals surface area contributed by atoms with Crippen LogP contribution in [0.15, 0.2) is 48.8 Å². The number of aryl methyl sites for hydroxylation is 1. The van der Waals surface area contributed by atoms with Gasteiger partial charge in [-0.3, -0.25) is 9.78 Å². The van der Waals surface area contributed by atoms with Gasteiger partial charge in [-0.25, -0.2) is 0 Å². The Labute approximate surface area is 165 Å². The molecular formula is C23H28N3O2+. The molecule has 3 heterocycles. The average Bonchev–Trinajstić information content (AvgIpc) is 3.06. The number of nitrogens with zero attached hydrogens (tertiary/aromatic N) is 1. The summed E-state index contributed by atoms with van der Waals surface area (Å²) in [5.74, 6) is -0.00920. The molecule has 1 saturated heterocycles. The summed E-state index contributed by atoms with van der Waals surface area (Å²) >= 11 is 0. The van der Waals surface area contributed by atoms with E-state index < -0.39 is 0 Å². The molecule has 0 bridgehead atoms. The minimum Gasteiger partial charge on any atom is -0.466 e. The first-order valence-corrected chi connectivity index (χ1v) is 10.2. The molecule has 5 heteroatoms. The highest BCUT2D eigenvalue weighted by molar-refractivity contribution is 5.85. The largest absolute Gasteiger partial charge is 0.466 e. The van der Waals surface area contributed by atoms with Crippen molar-refractivity contribution in [2.75, 3.05) is 19.7 Å². The van der Waals surface area contributed by atoms with Crippen molar-refractivity contribution < 1.29 is 14.4 Å². The summed E-state index contributed by atoms with van der Waals surface area (Å²) in [5.41, 5.74) is 4.94. The van der Waals surface area contributed by atoms with Crippen LogP contribution in [0.3, 0.4) is 0 Å². The SMILES string of the molecule is CCOC(=O)C1CC[NH+]([C@@H](c2cccnc2)c2c(C)[nH]c3ccccc23)CC1. The first-order valence-electron chi connectivity index (χ1n) is 10.2. The van der Waals surface area contributed by atoms with Crippen molar-refractivity contribution in [1.82, 2.24) is 9.97 Å². The zero-order valence-electron chi connectivity index (χ0n) is 16.6. The molecule has 1 fully saturated rings. The van der Waals surface area contributed by atoms with Crippen molar-refractivity contribution in [2.45, 2.75) is 32.7 Å². The highest BCUT2D eigenvalue weighted by Crippen LogP contribution is 2.30. The fraction of sp³-hybridized carbons (Fsp3) is 0.391. The Bertz CT molecular complexity index is 943. The first kappa shape index (κ1) is 18.7. The van der Waals surface area contributed by atoms with Crippen LogP contribution in [0.4, 0.5) is 0 Å². The lowest BCUT2D eigenvalue weighted by molar-refractivity contribution is -0.931. The summed E-state index contributed by atoms with van der Waals surface area (Å²) in [5, 5.41) is 1.27. The van der Waals surface area contributed by atoms with E-state index in [4.69, 9.17) is 4.74 Å². The van der Waals surface area contributed by atoms with Gasteiger partial charge in [-0.2, -0.15) is 0 Å². The van der Waals surface area contributed by atoms with Crippen LogP contribution < -0.4 is 4.90 Å². The standard InChI is InChI=1S/C23H27N3O2/c1-3-28-23(27)17-10-13-26(14-11-17)22(18-7-6-12-24-15-18)21-16(2)25-20-9-5-4-8-19(20)21/h4-9,12,15,17,22,25H,3,10-11,13-14H2,1-2H3/p+1/t22-/m0/s1. The van der Waals surface area contributed by atoms with Crippen LogP contribution in [0.25, 0.3) is 10.9 Å². The van der Waals surface area contributed by atoms with E-state index in [2.05, 4.69) is 47.2 Å². The highest BCUT2D eigenvalue weighted by atomic mass is 16.5. The molecule has 3 aromatic rings. The summed E-state index contributed by atoms with van der Waals surface area (Å²) in [7, 11) is 0. The smallest absolute Gasteiger partial charge is 0.309 e. The zero-order chi connectivity index (χ0) is 19.5. The number of H-pyrrole nitrogens is 1. The van der Waals surface area contributed by atoms with Gasteiger partial charge in [0.2, 0.25) is 0 Å². The topological polar surface area (TPSA) is 59.4 Å². The number of carbonyl (C=O) groups is 1. The van der Waals surface area contributed by atoms with Gasteiger partial charge in [-0.05, 0) is 32.0 Å². The van der Waals surface area contributed by atoms with Gasteiger partial charge in [-0.15, -0.1) is 0 Å². The normalized spacial score (nSPS) is 20.8. The van der Waals surface area contributed by atoms with Crippen molar-refractivity contribution >= 4 is 16.9 Å². The maximum absolute atomic E-state index is 12.2. The van der Waals surface area contributed by atoms with Crippen LogP contribution in [0.5, 0.6) is 0 Å². The van der Waals surface area contributed by atoms with E-state index >= 15 is 0 Å². The molecule has 1 aromatic carbocycles. The molecule has 5 nitrogen and oxygen atoms in total. The third-order valence-corrected chi connectivity index (χ3v) is 5.91. The minimum absolute atomic E-state index is 0.0299. The van der Waals surface area contributed by atoms with Gasteiger partial charge in [0, 0.05) is 53.0 Å². The number of aromatic amines is 1. The number of pyridine rings is 1. The Morgan fingerprint density at radius 1 is 1.25 bits per heavy atom. The Kier molecular flexibility index (Phi) is 5.44. The summed E-state index contributed by atoms with van der Waals surface area (Å²) in [6.45, 7) is 6.38. The highest BCUT2D eigenvalue weighted by Gasteiger charge is 2.36. The van der Waals surface area contributed by atoms with Gasteiger partial charge < -0.3 is 14.6 Å². The Morgan fingerprint density at radius 3 is 2.75 bits per heavy atom. The van der Waals surface area contributed by atoms with Crippen molar-refractivity contribution in [3.63, 3.8) is 0 Å². The predicted molar refractivity (Wildman–Crippen MR) is 109 cm³/mol. The van der Waals surface area contributed by atoms with E-state index in [-0.39, 0.29) is 17.9 Å². The Morgan fingerprint density at radius 2 is 2.04 bits per heavy atom. The lowest BCUT2D eigenvalue weighted by Gasteiger charge is -2.34. The lowest BCUT2D eigenvalue weighted by atomic mass is 9.90. The van der Waals surface area contributed by atoms with Gasteiger partial charge in [0.1, 0.15) is 6.04 Å². The van der Waals surface area contributed by atoms with E-state index in [1.165, 1.54) is 32.6 Å². The molecule has 0 saturated carbocycles. The summed E-state index contributed by atoms with van der Waals surface area (Å²) < 4.78 is 5.25. The van der Waals surface area contributed by atoms with E-state index in [0.29, 0.717) is 6.61 Å². The van der Waals surface area contributed by atoms with Gasteiger partial charge in [-0.1, -0.05) is 18.2 Å². The molecule has 4 rings (SSSR count). The number of hydrogen-bond acceptors (Lipinski definition) is 3. The number of fused-ring (bicyclic) bond motifs is 1. The summed E-state index contributed by atoms with van der Waals surface area (Å²) in [6.07, 6.45) is 5.54. The van der Waals surface area contributed by atoms with Crippen molar-refractivity contribution in [3.8, 4) is 0 Å². The third-order valence-electron chi connectivity index (χ3n) is 5.91. The second-order valence-electron chi connectivity index (χ2n) is 7.61. The maximum Gasteiger partial charge on any atom is 0.309 e. The van der Waals surface area contributed by atoms with Gasteiger partial charge in [0.05, 0.1) is 25.6 Å². The summed E-state index contributed by atoms with van der Waals surface area (Å²) in [4.78, 5) is 21.6. The number of quaternary nitrogens is 1. The predicted octanol–water partition coefficient (Wildman–Crippen LogP) is 2.82. The number of likely N-dealkylation sites (tertiary alicyclic amines) is 1. The quantitative estimate of drug-likeness (QED) is 0.671. The van der Waals surface area contributed by atoms with Crippen LogP contribution >= 0.6 is 0 Å². The van der Waals surface area contributed by atoms with Crippen molar-refractivity contribution in [1.29, 1.82) is 0 Å². The van der Waals surface area contributed by atoms with Crippen LogP contribution in [-0.2, 0) is 9.53 Å². The molecule has 2 N–H and O–H groups in total. The number of aromatic nitrogens is 2. The van der Waals surface area contributed by atoms with E-state index in [1.54, 1.807) is 0 Å². The Balaban J connectivity index is 1.68. The van der Waals surface area contributed by atoms with E-state index in [9.17, 15) is 4.79 Å². The monoisotopic (exact) mass is 378 g/mol. The van der Waals surface area contributed by atoms with Gasteiger partial charge >= 0.3 is 5.97 Å². The van der Waals surface area contributed by atoms with Crippen LogP contribution in [0.2, 0.25) is 0 Å². The second kappa shape index (κ2) is 8.15. The number of piperidine rings is 1. The molecule has 0 aliphatic carbocycles. The van der Waals surface area contributed by atoms with E-state index in [1.807, 2.05) is 25.4 Å². The van der Waals surface area contributed by atoms with Crippen molar-refractivity contribution in [2.24, 2.45) is 5.92 Å². The maximum atomic E-state index is 12.2. The molecule has 28 heavy (non-hydrogen) atoms. The number of ether oxygens (including phenoxy) is 1. The van der Waals surface area contributed by atoms with Gasteiger partial charge in [0.25, 0.3) is 0 Å². The number of benzene rings is 1. The molecular weight excluding hydrogens is 350 g/mol. The average molecular weight is 378 g/mol. The lowest BCUT2D eigenvalue weighted by Crippen LogP contribution is -3.13. The molecule has 0 unspecified atom stereocenters. The molecule has 1 atom stereocenters. The summed E-state index contributed by atoms with van der Waals surface area (Å²) in [6, 6.07) is 12.9. The minimum atomic E-state index is -0.0391. The van der Waals surface area contributed by atoms with Crippen molar-refractivity contribution in [3.05, 3.63) is 65.6 Å². The fourth-order valence-electron chi connectivity index (χ4n) is 4.60. The molecule has 1 aliphatic heterocycles. The molecule has 0 amide bonds. The molecule has 1 aliphatic rings. The molecule has 146 valence electrons. The number of hydrogen-bond donors (Lipinski definition) is 2. The fourth-order valence-corrected chi connectivity index (χ4v) is 4.60. The van der Waals surface area contributed by atoms with Crippen LogP contribution in [-0.4, -0.2) is 35.6 Å². The molecule has 2 aromatic heterocycles. The van der Waals surface area contributed by atoms with Crippen LogP contribution in [0.1, 0.15) is 42.6 Å². The number of esters is 1. The van der Waals surface area contributed by atoms with Crippen LogP contribution in [0, 0.1) is 12.8 Å². The second-order valence-corrected chi connectivity index (χ2v) is 7.61. The van der Waals surface area contributed by atoms with Gasteiger partial charge in [0.15, 0.2) is 0 Å². The molecule has 0 spiro atoms. The number of para-hydroxylation sites is 1. The first-order chi connectivity index (χ1) is 13.7. The molecule has 0 radical (unpaired) electrons. The third kappa shape index (κ3) is 3.54. The number of rotatable bonds is 5. The van der Waals surface area contributed by atoms with E-state index in [0.717, 1.165) is 25.9 Å². The zero-order valence-corrected chi connectivity index (χ0v) is 16.6. The number of carbonyl (C=O) groups excluding carboxylic acids is 1. The number of nitrogens with one attached hydrogen (secondary N) is 2.